The second-order valence-corrected chi connectivity index (χ2v) is 8.06. The molecular formula is C22H25F2N3O4. The van der Waals surface area contributed by atoms with Crippen LogP contribution >= 0.6 is 0 Å². The number of hydrogen-bond donors (Lipinski definition) is 1. The molecule has 7 nitrogen and oxygen atoms in total. The molecule has 0 spiro atoms. The van der Waals surface area contributed by atoms with Gasteiger partial charge in [0.2, 0.25) is 5.91 Å². The fourth-order valence-corrected chi connectivity index (χ4v) is 3.87. The van der Waals surface area contributed by atoms with E-state index in [1.165, 1.54) is 13.0 Å². The lowest BCUT2D eigenvalue weighted by molar-refractivity contribution is -0.130. The predicted molar refractivity (Wildman–Crippen MR) is 108 cm³/mol. The van der Waals surface area contributed by atoms with Gasteiger partial charge in [-0.15, -0.1) is 0 Å². The fourth-order valence-electron chi connectivity index (χ4n) is 3.87. The Labute approximate surface area is 179 Å². The molecule has 1 aliphatic carbocycles. The molecule has 4 rings (SSSR count). The summed E-state index contributed by atoms with van der Waals surface area (Å²) < 4.78 is 35.9. The van der Waals surface area contributed by atoms with Crippen molar-refractivity contribution in [2.75, 3.05) is 19.8 Å². The van der Waals surface area contributed by atoms with Crippen molar-refractivity contribution >= 4 is 5.91 Å². The number of hydrogen-bond acceptors (Lipinski definition) is 6. The van der Waals surface area contributed by atoms with Crippen LogP contribution in [0.5, 0.6) is 11.5 Å². The Balaban J connectivity index is 1.58. The number of nitrogens with zero attached hydrogens (tertiary/aromatic N) is 3. The minimum Gasteiger partial charge on any atom is -0.489 e. The van der Waals surface area contributed by atoms with Crippen molar-refractivity contribution in [1.82, 2.24) is 14.9 Å². The molecule has 1 N–H and O–H groups in total. The van der Waals surface area contributed by atoms with Crippen LogP contribution in [0.4, 0.5) is 8.78 Å². The maximum atomic E-state index is 12.8. The minimum atomic E-state index is -2.94. The van der Waals surface area contributed by atoms with Crippen molar-refractivity contribution in [2.45, 2.75) is 44.8 Å². The molecule has 9 heteroatoms. The Bertz CT molecular complexity index is 939. The molecular weight excluding hydrogens is 408 g/mol. The maximum Gasteiger partial charge on any atom is 0.387 e. The summed E-state index contributed by atoms with van der Waals surface area (Å²) in [7, 11) is 0. The molecule has 2 aliphatic rings. The van der Waals surface area contributed by atoms with Crippen LogP contribution in [0.25, 0.3) is 11.3 Å². The second-order valence-electron chi connectivity index (χ2n) is 8.06. The van der Waals surface area contributed by atoms with Gasteiger partial charge in [0, 0.05) is 31.1 Å². The van der Waals surface area contributed by atoms with Crippen molar-refractivity contribution in [3.05, 3.63) is 36.3 Å². The highest BCUT2D eigenvalue weighted by Gasteiger charge is 2.35. The van der Waals surface area contributed by atoms with Crippen LogP contribution in [0.1, 0.15) is 37.8 Å². The first-order valence-corrected chi connectivity index (χ1v) is 10.4. The lowest BCUT2D eigenvalue weighted by Crippen LogP contribution is -2.35. The summed E-state index contributed by atoms with van der Waals surface area (Å²) in [6.45, 7) is -0.630. The number of carbonyl (C=O) groups is 1. The molecule has 0 bridgehead atoms. The number of amides is 1. The zero-order valence-electron chi connectivity index (χ0n) is 17.2. The van der Waals surface area contributed by atoms with Crippen LogP contribution in [0, 0.1) is 5.92 Å². The zero-order chi connectivity index (χ0) is 22.0. The van der Waals surface area contributed by atoms with E-state index in [2.05, 4.69) is 9.72 Å². The first-order valence-electron chi connectivity index (χ1n) is 10.4. The van der Waals surface area contributed by atoms with E-state index in [9.17, 15) is 18.7 Å². The van der Waals surface area contributed by atoms with Gasteiger partial charge >= 0.3 is 6.61 Å². The van der Waals surface area contributed by atoms with E-state index in [4.69, 9.17) is 9.72 Å². The molecule has 1 amide bonds. The largest absolute Gasteiger partial charge is 0.489 e. The Kier molecular flexibility index (Phi) is 6.31. The van der Waals surface area contributed by atoms with Gasteiger partial charge in [0.15, 0.2) is 11.5 Å². The van der Waals surface area contributed by atoms with Crippen molar-refractivity contribution in [2.24, 2.45) is 5.92 Å². The molecule has 1 aliphatic heterocycles. The Morgan fingerprint density at radius 2 is 2.10 bits per heavy atom. The zero-order valence-corrected chi connectivity index (χ0v) is 17.2. The van der Waals surface area contributed by atoms with Crippen LogP contribution in [-0.4, -0.2) is 58.3 Å². The Morgan fingerprint density at radius 1 is 1.29 bits per heavy atom. The fraction of sp³-hybridized carbons (Fsp3) is 0.500. The van der Waals surface area contributed by atoms with E-state index in [0.717, 1.165) is 12.8 Å². The number of alkyl halides is 2. The van der Waals surface area contributed by atoms with E-state index >= 15 is 0 Å². The number of carbonyl (C=O) groups excluding carboxylic acids is 1. The van der Waals surface area contributed by atoms with Crippen molar-refractivity contribution < 1.29 is 28.2 Å². The summed E-state index contributed by atoms with van der Waals surface area (Å²) in [5, 5.41) is 9.59. The van der Waals surface area contributed by atoms with E-state index < -0.39 is 6.61 Å². The van der Waals surface area contributed by atoms with E-state index in [-0.39, 0.29) is 36.0 Å². The van der Waals surface area contributed by atoms with Gasteiger partial charge in [-0.05, 0) is 43.4 Å². The van der Waals surface area contributed by atoms with Gasteiger partial charge in [0.1, 0.15) is 0 Å². The molecule has 166 valence electrons. The van der Waals surface area contributed by atoms with Gasteiger partial charge in [0.05, 0.1) is 36.8 Å². The number of aliphatic hydroxyl groups is 1. The van der Waals surface area contributed by atoms with Gasteiger partial charge in [-0.3, -0.25) is 9.78 Å². The summed E-state index contributed by atoms with van der Waals surface area (Å²) in [6, 6.07) is 4.50. The molecule has 1 aromatic carbocycles. The summed E-state index contributed by atoms with van der Waals surface area (Å²) in [5.41, 5.74) is 1.95. The normalized spacial score (nSPS) is 20.9. The first-order chi connectivity index (χ1) is 14.9. The molecule has 1 saturated carbocycles. The number of ether oxygens (including phenoxy) is 2. The summed E-state index contributed by atoms with van der Waals surface area (Å²) in [6.07, 6.45) is 6.01. The van der Waals surface area contributed by atoms with Crippen molar-refractivity contribution in [1.29, 1.82) is 0 Å². The molecule has 1 aromatic heterocycles. The third-order valence-electron chi connectivity index (χ3n) is 5.73. The molecule has 1 saturated heterocycles. The number of rotatable bonds is 8. The van der Waals surface area contributed by atoms with Crippen LogP contribution in [0.15, 0.2) is 30.6 Å². The van der Waals surface area contributed by atoms with Gasteiger partial charge < -0.3 is 19.5 Å². The lowest BCUT2D eigenvalue weighted by atomic mass is 10.0. The molecule has 2 aromatic rings. The highest BCUT2D eigenvalue weighted by Crippen LogP contribution is 2.37. The maximum absolute atomic E-state index is 12.8. The van der Waals surface area contributed by atoms with Crippen LogP contribution in [0.3, 0.4) is 0 Å². The lowest BCUT2D eigenvalue weighted by Gasteiger charge is -2.20. The van der Waals surface area contributed by atoms with Gasteiger partial charge in [0.25, 0.3) is 0 Å². The number of aliphatic hydroxyl groups excluding tert-OH is 1. The Hall–Kier alpha value is -2.81. The molecule has 31 heavy (non-hydrogen) atoms. The van der Waals surface area contributed by atoms with Gasteiger partial charge in [-0.25, -0.2) is 4.98 Å². The molecule has 2 heterocycles. The third-order valence-corrected chi connectivity index (χ3v) is 5.73. The Morgan fingerprint density at radius 3 is 2.74 bits per heavy atom. The number of benzene rings is 1. The van der Waals surface area contributed by atoms with Crippen LogP contribution in [-0.2, 0) is 4.79 Å². The quantitative estimate of drug-likeness (QED) is 0.688. The average molecular weight is 433 g/mol. The number of likely N-dealkylation sites (tertiary alicyclic amines) is 1. The highest BCUT2D eigenvalue weighted by molar-refractivity contribution is 5.74. The van der Waals surface area contributed by atoms with Crippen LogP contribution < -0.4 is 9.47 Å². The summed E-state index contributed by atoms with van der Waals surface area (Å²) >= 11 is 0. The van der Waals surface area contributed by atoms with E-state index in [1.54, 1.807) is 29.4 Å². The van der Waals surface area contributed by atoms with E-state index in [1.807, 2.05) is 0 Å². The van der Waals surface area contributed by atoms with E-state index in [0.29, 0.717) is 42.4 Å². The topological polar surface area (TPSA) is 84.8 Å². The molecule has 2 fully saturated rings. The monoisotopic (exact) mass is 433 g/mol. The number of aromatic nitrogens is 2. The van der Waals surface area contributed by atoms with Gasteiger partial charge in [-0.1, -0.05) is 0 Å². The van der Waals surface area contributed by atoms with Gasteiger partial charge in [-0.2, -0.15) is 8.78 Å². The van der Waals surface area contributed by atoms with Crippen LogP contribution in [0.2, 0.25) is 0 Å². The molecule has 1 unspecified atom stereocenters. The SMILES string of the molecule is CC(=O)N1CC(c2cncc(-c3ccc(OC(F)F)c(OCC4CC4)c3)n2)C[C@@H]1CO. The standard InChI is InChI=1S/C22H25F2N3O4/c1-13(29)27-10-16(6-17(27)11-28)19-9-25-8-18(26-19)15-4-5-20(31-22(23)24)21(7-15)30-12-14-2-3-14/h4-5,7-9,14,16-17,22,28H,2-3,6,10-12H2,1H3/t16?,17-/m1/s1. The smallest absolute Gasteiger partial charge is 0.387 e. The third kappa shape index (κ3) is 5.10. The first kappa shape index (κ1) is 21.4. The predicted octanol–water partition coefficient (Wildman–Crippen LogP) is 3.23. The van der Waals surface area contributed by atoms with Crippen molar-refractivity contribution in [3.8, 4) is 22.8 Å². The summed E-state index contributed by atoms with van der Waals surface area (Å²) in [5.74, 6) is 0.568. The molecule has 2 atom stereocenters. The highest BCUT2D eigenvalue weighted by atomic mass is 19.3. The summed E-state index contributed by atoms with van der Waals surface area (Å²) in [4.78, 5) is 22.5. The average Bonchev–Trinajstić information content (AvgIpc) is 3.48. The van der Waals surface area contributed by atoms with Crippen molar-refractivity contribution in [3.63, 3.8) is 0 Å². The second kappa shape index (κ2) is 9.13. The minimum absolute atomic E-state index is 0.0119. The molecule has 0 radical (unpaired) electrons. The number of halogens is 2.